The van der Waals surface area contributed by atoms with Crippen LogP contribution < -0.4 is 0 Å². The van der Waals surface area contributed by atoms with Crippen molar-refractivity contribution >= 4 is 29.1 Å². The molecule has 1 saturated heterocycles. The summed E-state index contributed by atoms with van der Waals surface area (Å²) in [4.78, 5) is 15.0. The lowest BCUT2D eigenvalue weighted by Gasteiger charge is -2.39. The fraction of sp³-hybridized carbons (Fsp3) is 0.292. The van der Waals surface area contributed by atoms with Crippen LogP contribution in [0.15, 0.2) is 73.1 Å². The Bertz CT molecular complexity index is 977. The molecule has 0 saturated carbocycles. The summed E-state index contributed by atoms with van der Waals surface area (Å²) in [6.07, 6.45) is 5.32. The molecule has 3 aromatic rings. The first-order chi connectivity index (χ1) is 14.4. The third-order valence-electron chi connectivity index (χ3n) is 5.94. The van der Waals surface area contributed by atoms with Crippen LogP contribution in [-0.4, -0.2) is 33.6 Å². The number of nitrogens with zero attached hydrogens (tertiary/aromatic N) is 2. The van der Waals surface area contributed by atoms with E-state index in [-0.39, 0.29) is 11.9 Å². The number of hydrogen-bond acceptors (Lipinski definition) is 2. The minimum absolute atomic E-state index is 0.0850. The van der Waals surface area contributed by atoms with E-state index in [1.165, 1.54) is 0 Å². The zero-order valence-electron chi connectivity index (χ0n) is 16.5. The fourth-order valence-corrected chi connectivity index (χ4v) is 4.36. The monoisotopic (exact) mass is 442 g/mol. The van der Waals surface area contributed by atoms with Crippen LogP contribution in [0.4, 0.5) is 0 Å². The number of amides is 1. The van der Waals surface area contributed by atoms with Gasteiger partial charge in [0.25, 0.3) is 0 Å². The maximum absolute atomic E-state index is 13.1. The lowest BCUT2D eigenvalue weighted by atomic mass is 9.84. The highest BCUT2D eigenvalue weighted by Crippen LogP contribution is 2.34. The largest absolute Gasteiger partial charge is 0.385 e. The van der Waals surface area contributed by atoms with Crippen LogP contribution in [0.5, 0.6) is 0 Å². The maximum atomic E-state index is 13.1. The number of carbonyl (C=O) groups is 1. The number of halogens is 2. The third kappa shape index (κ3) is 4.56. The summed E-state index contributed by atoms with van der Waals surface area (Å²) < 4.78 is 2.05. The van der Waals surface area contributed by atoms with Gasteiger partial charge in [0.15, 0.2) is 0 Å². The van der Waals surface area contributed by atoms with Crippen molar-refractivity contribution in [2.75, 3.05) is 13.1 Å². The second kappa shape index (κ2) is 8.84. The molecule has 4 nitrogen and oxygen atoms in total. The van der Waals surface area contributed by atoms with E-state index in [4.69, 9.17) is 23.2 Å². The molecule has 2 heterocycles. The quantitative estimate of drug-likeness (QED) is 0.583. The summed E-state index contributed by atoms with van der Waals surface area (Å²) >= 11 is 12.0. The van der Waals surface area contributed by atoms with Crippen molar-refractivity contribution < 1.29 is 9.90 Å². The molecule has 1 aliphatic rings. The topological polar surface area (TPSA) is 45.5 Å². The number of hydrogen-bond donors (Lipinski definition) is 1. The molecular formula is C24H24Cl2N2O2. The number of piperidine rings is 1. The lowest BCUT2D eigenvalue weighted by Crippen LogP contribution is -2.45. The number of benzene rings is 2. The average Bonchev–Trinajstić information content (AvgIpc) is 3.28. The van der Waals surface area contributed by atoms with Gasteiger partial charge in [-0.2, -0.15) is 0 Å². The van der Waals surface area contributed by atoms with Gasteiger partial charge in [0.1, 0.15) is 0 Å². The molecule has 4 rings (SSSR count). The predicted molar refractivity (Wildman–Crippen MR) is 120 cm³/mol. The van der Waals surface area contributed by atoms with Crippen molar-refractivity contribution in [2.45, 2.75) is 30.9 Å². The summed E-state index contributed by atoms with van der Waals surface area (Å²) in [5, 5.41) is 12.4. The van der Waals surface area contributed by atoms with Gasteiger partial charge >= 0.3 is 0 Å². The molecule has 1 aliphatic heterocycles. The van der Waals surface area contributed by atoms with Crippen LogP contribution in [0.25, 0.3) is 0 Å². The van der Waals surface area contributed by atoms with Crippen LogP contribution in [-0.2, 0) is 10.4 Å². The van der Waals surface area contributed by atoms with Gasteiger partial charge in [0.05, 0.1) is 18.1 Å². The molecule has 6 heteroatoms. The van der Waals surface area contributed by atoms with Crippen molar-refractivity contribution in [3.63, 3.8) is 0 Å². The third-order valence-corrected chi connectivity index (χ3v) is 6.44. The van der Waals surface area contributed by atoms with Crippen LogP contribution >= 0.6 is 23.2 Å². The predicted octanol–water partition coefficient (Wildman–Crippen LogP) is 5.28. The smallest absolute Gasteiger partial charge is 0.225 e. The van der Waals surface area contributed by atoms with E-state index in [0.29, 0.717) is 42.4 Å². The normalized spacial score (nSPS) is 17.0. The van der Waals surface area contributed by atoms with Crippen molar-refractivity contribution in [1.29, 1.82) is 0 Å². The summed E-state index contributed by atoms with van der Waals surface area (Å²) in [7, 11) is 0. The molecule has 2 aromatic carbocycles. The zero-order chi connectivity index (χ0) is 21.1. The molecule has 0 bridgehead atoms. The molecule has 156 valence electrons. The van der Waals surface area contributed by atoms with Crippen molar-refractivity contribution in [1.82, 2.24) is 9.47 Å². The van der Waals surface area contributed by atoms with E-state index in [1.807, 2.05) is 65.8 Å². The Labute approximate surface area is 186 Å². The Kier molecular flexibility index (Phi) is 6.19. The molecule has 1 fully saturated rings. The number of rotatable bonds is 5. The van der Waals surface area contributed by atoms with Gasteiger partial charge in [-0.3, -0.25) is 4.79 Å². The van der Waals surface area contributed by atoms with E-state index in [9.17, 15) is 9.90 Å². The summed E-state index contributed by atoms with van der Waals surface area (Å²) in [6, 6.07) is 18.8. The van der Waals surface area contributed by atoms with E-state index in [2.05, 4.69) is 4.57 Å². The number of aliphatic hydroxyl groups is 1. The van der Waals surface area contributed by atoms with Crippen molar-refractivity contribution in [3.8, 4) is 0 Å². The summed E-state index contributed by atoms with van der Waals surface area (Å²) in [5.41, 5.74) is 0.973. The second-order valence-electron chi connectivity index (χ2n) is 7.82. The molecule has 1 atom stereocenters. The van der Waals surface area contributed by atoms with Crippen LogP contribution in [0.2, 0.25) is 10.0 Å². The standard InChI is InChI=1S/C24H24Cl2N2O2/c25-20-7-3-18(4-8-20)22(27-13-1-2-14-27)17-23(29)28-15-11-24(30,12-16-28)19-5-9-21(26)10-6-19/h1-10,13-14,22,30H,11-12,15-17H2. The number of aromatic nitrogens is 1. The van der Waals surface area contributed by atoms with Gasteiger partial charge < -0.3 is 14.6 Å². The number of carbonyl (C=O) groups excluding carboxylic acids is 1. The van der Waals surface area contributed by atoms with Gasteiger partial charge in [0, 0.05) is 35.5 Å². The van der Waals surface area contributed by atoms with E-state index >= 15 is 0 Å². The Morgan fingerprint density at radius 2 is 1.47 bits per heavy atom. The minimum atomic E-state index is -0.919. The van der Waals surface area contributed by atoms with E-state index in [0.717, 1.165) is 11.1 Å². The van der Waals surface area contributed by atoms with E-state index in [1.54, 1.807) is 12.1 Å². The molecule has 1 unspecified atom stereocenters. The first-order valence-corrected chi connectivity index (χ1v) is 10.8. The SMILES string of the molecule is O=C(CC(c1ccc(Cl)cc1)n1cccc1)N1CCC(O)(c2ccc(Cl)cc2)CC1. The zero-order valence-corrected chi connectivity index (χ0v) is 18.1. The van der Waals surface area contributed by atoms with Crippen LogP contribution in [0, 0.1) is 0 Å². The summed E-state index contributed by atoms with van der Waals surface area (Å²) in [5.74, 6) is 0.0850. The Hall–Kier alpha value is -2.27. The highest BCUT2D eigenvalue weighted by molar-refractivity contribution is 6.30. The molecule has 1 aromatic heterocycles. The Balaban J connectivity index is 1.45. The van der Waals surface area contributed by atoms with Crippen molar-refractivity contribution in [3.05, 3.63) is 94.2 Å². The molecule has 0 spiro atoms. The van der Waals surface area contributed by atoms with Gasteiger partial charge in [0.2, 0.25) is 5.91 Å². The maximum Gasteiger partial charge on any atom is 0.225 e. The van der Waals surface area contributed by atoms with Crippen LogP contribution in [0.1, 0.15) is 36.4 Å². The lowest BCUT2D eigenvalue weighted by molar-refractivity contribution is -0.136. The Morgan fingerprint density at radius 1 is 0.933 bits per heavy atom. The van der Waals surface area contributed by atoms with Gasteiger partial charge in [-0.15, -0.1) is 0 Å². The van der Waals surface area contributed by atoms with Crippen LogP contribution in [0.3, 0.4) is 0 Å². The summed E-state index contributed by atoms with van der Waals surface area (Å²) in [6.45, 7) is 1.05. The fourth-order valence-electron chi connectivity index (χ4n) is 4.11. The Morgan fingerprint density at radius 3 is 2.03 bits per heavy atom. The molecular weight excluding hydrogens is 419 g/mol. The van der Waals surface area contributed by atoms with Gasteiger partial charge in [-0.1, -0.05) is 47.5 Å². The first kappa shape index (κ1) is 21.0. The average molecular weight is 443 g/mol. The van der Waals surface area contributed by atoms with E-state index < -0.39 is 5.60 Å². The molecule has 1 N–H and O–H groups in total. The second-order valence-corrected chi connectivity index (χ2v) is 8.69. The highest BCUT2D eigenvalue weighted by Gasteiger charge is 2.36. The molecule has 1 amide bonds. The van der Waals surface area contributed by atoms with Crippen molar-refractivity contribution in [2.24, 2.45) is 0 Å². The van der Waals surface area contributed by atoms with Gasteiger partial charge in [-0.25, -0.2) is 0 Å². The molecule has 0 aliphatic carbocycles. The minimum Gasteiger partial charge on any atom is -0.385 e. The highest BCUT2D eigenvalue weighted by atomic mass is 35.5. The molecule has 30 heavy (non-hydrogen) atoms. The van der Waals surface area contributed by atoms with Gasteiger partial charge in [-0.05, 0) is 60.4 Å². The first-order valence-electron chi connectivity index (χ1n) is 10.1. The molecule has 0 radical (unpaired) electrons. The number of likely N-dealkylation sites (tertiary alicyclic amines) is 1.